The second-order valence-electron chi connectivity index (χ2n) is 7.55. The van der Waals surface area contributed by atoms with E-state index in [4.69, 9.17) is 9.47 Å². The third-order valence-electron chi connectivity index (χ3n) is 5.12. The lowest BCUT2D eigenvalue weighted by Gasteiger charge is -2.14. The summed E-state index contributed by atoms with van der Waals surface area (Å²) in [6.07, 6.45) is 0.116. The molecular weight excluding hydrogens is 406 g/mol. The molecule has 0 aromatic heterocycles. The van der Waals surface area contributed by atoms with E-state index in [-0.39, 0.29) is 12.4 Å². The largest absolute Gasteiger partial charge is 0.508 e. The molecule has 3 aromatic carbocycles. The molecule has 3 rings (SSSR count). The van der Waals surface area contributed by atoms with Crippen LogP contribution in [-0.4, -0.2) is 41.6 Å². The highest BCUT2D eigenvalue weighted by Crippen LogP contribution is 2.22. The fourth-order valence-electron chi connectivity index (χ4n) is 3.26. The lowest BCUT2D eigenvalue weighted by atomic mass is 10.1. The number of nitrogens with one attached hydrogen (secondary N) is 1. The Bertz CT molecular complexity index is 931. The van der Waals surface area contributed by atoms with E-state index in [1.807, 2.05) is 54.6 Å². The van der Waals surface area contributed by atoms with Gasteiger partial charge in [0.1, 0.15) is 18.1 Å². The maximum atomic E-state index is 10.3. The molecule has 32 heavy (non-hydrogen) atoms. The quantitative estimate of drug-likeness (QED) is 0.307. The van der Waals surface area contributed by atoms with Crippen LogP contribution in [0, 0.1) is 0 Å². The van der Waals surface area contributed by atoms with Crippen LogP contribution >= 0.6 is 0 Å². The number of hydrogen-bond donors (Lipinski definition) is 4. The van der Waals surface area contributed by atoms with Crippen molar-refractivity contribution >= 4 is 0 Å². The van der Waals surface area contributed by atoms with Gasteiger partial charge in [0.15, 0.2) is 0 Å². The molecule has 0 radical (unpaired) electrons. The fourth-order valence-corrected chi connectivity index (χ4v) is 3.26. The van der Waals surface area contributed by atoms with Crippen molar-refractivity contribution in [1.29, 1.82) is 0 Å². The SMILES string of the molecule is OCc1cc([C@@H](O)CNCCc2ccc(OCCOCc3ccccc3)cc2)ccc1O. The Morgan fingerprint density at radius 2 is 1.66 bits per heavy atom. The molecule has 0 spiro atoms. The number of aromatic hydroxyl groups is 1. The smallest absolute Gasteiger partial charge is 0.121 e. The molecule has 6 heteroatoms. The van der Waals surface area contributed by atoms with Gasteiger partial charge in [-0.05, 0) is 53.9 Å². The summed E-state index contributed by atoms with van der Waals surface area (Å²) < 4.78 is 11.3. The lowest BCUT2D eigenvalue weighted by molar-refractivity contribution is 0.0889. The van der Waals surface area contributed by atoms with Gasteiger partial charge in [0.25, 0.3) is 0 Å². The Balaban J connectivity index is 1.30. The van der Waals surface area contributed by atoms with E-state index in [9.17, 15) is 15.3 Å². The maximum Gasteiger partial charge on any atom is 0.121 e. The van der Waals surface area contributed by atoms with Crippen molar-refractivity contribution < 1.29 is 24.8 Å². The Hall–Kier alpha value is -2.90. The monoisotopic (exact) mass is 437 g/mol. The van der Waals surface area contributed by atoms with Gasteiger partial charge in [0.05, 0.1) is 25.9 Å². The average Bonchev–Trinajstić information content (AvgIpc) is 2.83. The zero-order valence-corrected chi connectivity index (χ0v) is 18.1. The lowest BCUT2D eigenvalue weighted by Crippen LogP contribution is -2.23. The maximum absolute atomic E-state index is 10.3. The first-order valence-corrected chi connectivity index (χ1v) is 10.8. The summed E-state index contributed by atoms with van der Waals surface area (Å²) >= 11 is 0. The molecular formula is C26H31NO5. The van der Waals surface area contributed by atoms with Crippen LogP contribution in [0.5, 0.6) is 11.5 Å². The van der Waals surface area contributed by atoms with Crippen molar-refractivity contribution in [3.8, 4) is 11.5 Å². The Morgan fingerprint density at radius 3 is 2.41 bits per heavy atom. The molecule has 3 aromatic rings. The molecule has 4 N–H and O–H groups in total. The van der Waals surface area contributed by atoms with Gasteiger partial charge in [-0.15, -0.1) is 0 Å². The zero-order chi connectivity index (χ0) is 22.6. The van der Waals surface area contributed by atoms with Gasteiger partial charge >= 0.3 is 0 Å². The first kappa shape index (κ1) is 23.8. The molecule has 1 atom stereocenters. The normalized spacial score (nSPS) is 11.9. The average molecular weight is 438 g/mol. The molecule has 0 fully saturated rings. The van der Waals surface area contributed by atoms with E-state index in [0.29, 0.717) is 37.5 Å². The predicted molar refractivity (Wildman–Crippen MR) is 124 cm³/mol. The van der Waals surface area contributed by atoms with Crippen LogP contribution in [0.4, 0.5) is 0 Å². The third-order valence-corrected chi connectivity index (χ3v) is 5.12. The first-order valence-electron chi connectivity index (χ1n) is 10.8. The van der Waals surface area contributed by atoms with Crippen LogP contribution in [0.3, 0.4) is 0 Å². The zero-order valence-electron chi connectivity index (χ0n) is 18.1. The van der Waals surface area contributed by atoms with E-state index in [0.717, 1.165) is 24.3 Å². The van der Waals surface area contributed by atoms with Crippen molar-refractivity contribution in [1.82, 2.24) is 5.32 Å². The highest BCUT2D eigenvalue weighted by atomic mass is 16.5. The van der Waals surface area contributed by atoms with E-state index in [1.54, 1.807) is 12.1 Å². The minimum absolute atomic E-state index is 0.0311. The van der Waals surface area contributed by atoms with Crippen molar-refractivity contribution in [2.24, 2.45) is 0 Å². The minimum atomic E-state index is -0.708. The first-order chi connectivity index (χ1) is 15.7. The second kappa shape index (κ2) is 12.8. The molecule has 170 valence electrons. The summed E-state index contributed by atoms with van der Waals surface area (Å²) in [7, 11) is 0. The summed E-state index contributed by atoms with van der Waals surface area (Å²) in [5.41, 5.74) is 3.39. The van der Waals surface area contributed by atoms with Crippen molar-refractivity contribution in [3.63, 3.8) is 0 Å². The third kappa shape index (κ3) is 7.66. The number of benzene rings is 3. The number of aliphatic hydroxyl groups is 2. The Kier molecular flexibility index (Phi) is 9.53. The van der Waals surface area contributed by atoms with Crippen LogP contribution < -0.4 is 10.1 Å². The Labute approximate surface area is 189 Å². The number of rotatable bonds is 13. The number of aliphatic hydroxyl groups excluding tert-OH is 2. The molecule has 6 nitrogen and oxygen atoms in total. The van der Waals surface area contributed by atoms with Crippen LogP contribution in [0.1, 0.15) is 28.4 Å². The Morgan fingerprint density at radius 1 is 0.875 bits per heavy atom. The summed E-state index contributed by atoms with van der Waals surface area (Å²) in [6.45, 7) is 2.46. The van der Waals surface area contributed by atoms with Crippen molar-refractivity contribution in [3.05, 3.63) is 95.1 Å². The predicted octanol–water partition coefficient (Wildman–Crippen LogP) is 3.35. The van der Waals surface area contributed by atoms with E-state index in [2.05, 4.69) is 5.32 Å². The highest BCUT2D eigenvalue weighted by molar-refractivity contribution is 5.36. The van der Waals surface area contributed by atoms with Crippen molar-refractivity contribution in [2.45, 2.75) is 25.7 Å². The van der Waals surface area contributed by atoms with Crippen LogP contribution in [0.2, 0.25) is 0 Å². The van der Waals surface area contributed by atoms with Gasteiger partial charge in [0.2, 0.25) is 0 Å². The summed E-state index contributed by atoms with van der Waals surface area (Å²) in [5, 5.41) is 32.4. The van der Waals surface area contributed by atoms with Gasteiger partial charge in [0, 0.05) is 12.1 Å². The molecule has 0 heterocycles. The molecule has 0 saturated carbocycles. The van der Waals surface area contributed by atoms with Gasteiger partial charge < -0.3 is 30.1 Å². The number of hydrogen-bond acceptors (Lipinski definition) is 6. The number of ether oxygens (including phenoxy) is 2. The fraction of sp³-hybridized carbons (Fsp3) is 0.308. The van der Waals surface area contributed by atoms with Crippen LogP contribution in [0.25, 0.3) is 0 Å². The second-order valence-corrected chi connectivity index (χ2v) is 7.55. The summed E-state index contributed by atoms with van der Waals surface area (Å²) in [5.74, 6) is 0.844. The van der Waals surface area contributed by atoms with E-state index >= 15 is 0 Å². The summed E-state index contributed by atoms with van der Waals surface area (Å²) in [4.78, 5) is 0. The van der Waals surface area contributed by atoms with Gasteiger partial charge in [-0.3, -0.25) is 0 Å². The van der Waals surface area contributed by atoms with Crippen LogP contribution in [-0.2, 0) is 24.4 Å². The standard InChI is InChI=1S/C26H31NO5/c28-18-23-16-22(8-11-25(23)29)26(30)17-27-13-12-20-6-9-24(10-7-20)32-15-14-31-19-21-4-2-1-3-5-21/h1-11,16,26-30H,12-15,17-19H2/t26-/m0/s1. The van der Waals surface area contributed by atoms with Crippen LogP contribution in [0.15, 0.2) is 72.8 Å². The molecule has 0 unspecified atom stereocenters. The molecule has 0 amide bonds. The van der Waals surface area contributed by atoms with Gasteiger partial charge in [-0.2, -0.15) is 0 Å². The van der Waals surface area contributed by atoms with E-state index in [1.165, 1.54) is 11.6 Å². The van der Waals surface area contributed by atoms with E-state index < -0.39 is 6.10 Å². The highest BCUT2D eigenvalue weighted by Gasteiger charge is 2.10. The number of phenols is 1. The molecule has 0 bridgehead atoms. The molecule has 0 aliphatic rings. The van der Waals surface area contributed by atoms with Gasteiger partial charge in [-0.25, -0.2) is 0 Å². The molecule has 0 aliphatic heterocycles. The summed E-state index contributed by atoms with van der Waals surface area (Å²) in [6, 6.07) is 22.8. The van der Waals surface area contributed by atoms with Gasteiger partial charge in [-0.1, -0.05) is 48.5 Å². The minimum Gasteiger partial charge on any atom is -0.508 e. The topological polar surface area (TPSA) is 91.2 Å². The molecule has 0 saturated heterocycles. The van der Waals surface area contributed by atoms with Crippen molar-refractivity contribution in [2.75, 3.05) is 26.3 Å². The molecule has 0 aliphatic carbocycles.